The second-order valence-electron chi connectivity index (χ2n) is 5.72. The monoisotopic (exact) mass is 375 g/mol. The number of hydrogen-bond acceptors (Lipinski definition) is 6. The first-order valence-electron chi connectivity index (χ1n) is 8.86. The van der Waals surface area contributed by atoms with Crippen molar-refractivity contribution in [2.75, 3.05) is 37.9 Å². The van der Waals surface area contributed by atoms with E-state index in [1.165, 1.54) is 31.5 Å². The molecule has 0 aliphatic heterocycles. The zero-order valence-corrected chi connectivity index (χ0v) is 17.0. The van der Waals surface area contributed by atoms with Gasteiger partial charge in [0.2, 0.25) is 5.76 Å². The molecule has 0 atom stereocenters. The van der Waals surface area contributed by atoms with E-state index >= 15 is 0 Å². The number of ether oxygens (including phenoxy) is 3. The van der Waals surface area contributed by atoms with Crippen LogP contribution in [-0.4, -0.2) is 55.8 Å². The Morgan fingerprint density at radius 3 is 2.00 bits per heavy atom. The predicted octanol–water partition coefficient (Wildman–Crippen LogP) is 3.40. The lowest BCUT2D eigenvalue weighted by Crippen LogP contribution is -2.16. The van der Waals surface area contributed by atoms with Crippen LogP contribution in [0.15, 0.2) is 11.8 Å². The molecule has 0 bridgehead atoms. The number of allylic oxidation sites excluding steroid dienone is 1. The van der Waals surface area contributed by atoms with Gasteiger partial charge in [-0.05, 0) is 33.8 Å². The van der Waals surface area contributed by atoms with Gasteiger partial charge in [-0.2, -0.15) is 0 Å². The van der Waals surface area contributed by atoms with E-state index in [0.29, 0.717) is 12.8 Å². The molecule has 7 heteroatoms. The van der Waals surface area contributed by atoms with Gasteiger partial charge in [-0.15, -0.1) is 0 Å². The van der Waals surface area contributed by atoms with E-state index in [2.05, 4.69) is 20.8 Å². The Morgan fingerprint density at radius 1 is 0.960 bits per heavy atom. The molecule has 0 radical (unpaired) electrons. The highest BCUT2D eigenvalue weighted by molar-refractivity contribution is 7.75. The average Bonchev–Trinajstić information content (AvgIpc) is 2.60. The molecule has 0 aromatic carbocycles. The maximum Gasteiger partial charge on any atom is 0.374 e. The van der Waals surface area contributed by atoms with Gasteiger partial charge in [0.15, 0.2) is 0 Å². The molecule has 0 amide bonds. The molecule has 6 nitrogen and oxygen atoms in total. The summed E-state index contributed by atoms with van der Waals surface area (Å²) in [6.45, 7) is 9.71. The van der Waals surface area contributed by atoms with Crippen molar-refractivity contribution in [2.45, 2.75) is 47.5 Å². The molecule has 0 spiro atoms. The number of hydrogen-bond donors (Lipinski definition) is 0. The highest BCUT2D eigenvalue weighted by atomic mass is 31.2. The molecule has 0 aliphatic carbocycles. The van der Waals surface area contributed by atoms with Crippen LogP contribution in [0, 0.1) is 0 Å². The molecule has 0 heterocycles. The molecule has 0 unspecified atom stereocenters. The second kappa shape index (κ2) is 12.9. The van der Waals surface area contributed by atoms with Crippen molar-refractivity contribution < 1.29 is 28.6 Å². The summed E-state index contributed by atoms with van der Waals surface area (Å²) in [4.78, 5) is 34.3. The Morgan fingerprint density at radius 2 is 1.52 bits per heavy atom. The third kappa shape index (κ3) is 9.59. The van der Waals surface area contributed by atoms with Gasteiger partial charge < -0.3 is 14.2 Å². The topological polar surface area (TPSA) is 78.9 Å². The molecule has 0 rings (SSSR count). The minimum Gasteiger partial charge on any atom is -0.465 e. The molecule has 0 fully saturated rings. The summed E-state index contributed by atoms with van der Waals surface area (Å²) < 4.78 is 14.9. The zero-order chi connectivity index (χ0) is 19.3. The summed E-state index contributed by atoms with van der Waals surface area (Å²) in [5, 5.41) is 0. The van der Waals surface area contributed by atoms with Crippen molar-refractivity contribution in [1.82, 2.24) is 0 Å². The van der Waals surface area contributed by atoms with Crippen LogP contribution in [0.5, 0.6) is 0 Å². The molecule has 0 saturated carbocycles. The molecule has 0 aromatic heterocycles. The van der Waals surface area contributed by atoms with Crippen molar-refractivity contribution in [2.24, 2.45) is 0 Å². The van der Waals surface area contributed by atoms with E-state index in [1.54, 1.807) is 6.92 Å². The summed E-state index contributed by atoms with van der Waals surface area (Å²) in [5.41, 5.74) is 0. The summed E-state index contributed by atoms with van der Waals surface area (Å²) in [6.07, 6.45) is 6.67. The smallest absolute Gasteiger partial charge is 0.374 e. The van der Waals surface area contributed by atoms with Gasteiger partial charge in [0, 0.05) is 20.6 Å². The molecule has 25 heavy (non-hydrogen) atoms. The Bertz CT molecular complexity index is 460. The number of carbonyl (C=O) groups excluding carboxylic acids is 3. The minimum absolute atomic E-state index is 0.0978. The van der Waals surface area contributed by atoms with Gasteiger partial charge in [0.1, 0.15) is 0 Å². The maximum absolute atomic E-state index is 11.8. The normalized spacial score (nSPS) is 11.8. The van der Waals surface area contributed by atoms with E-state index in [9.17, 15) is 14.4 Å². The summed E-state index contributed by atoms with van der Waals surface area (Å²) in [6, 6.07) is 0. The quantitative estimate of drug-likeness (QED) is 0.130. The Kier molecular flexibility index (Phi) is 12.1. The zero-order valence-electron chi connectivity index (χ0n) is 16.1. The van der Waals surface area contributed by atoms with Gasteiger partial charge in [-0.3, -0.25) is 9.59 Å². The van der Waals surface area contributed by atoms with Crippen LogP contribution < -0.4 is 0 Å². The van der Waals surface area contributed by atoms with Crippen LogP contribution in [0.4, 0.5) is 0 Å². The predicted molar refractivity (Wildman–Crippen MR) is 100 cm³/mol. The molecule has 0 aromatic rings. The lowest BCUT2D eigenvalue weighted by molar-refractivity contribution is -0.151. The second-order valence-corrected chi connectivity index (χ2v) is 10.7. The van der Waals surface area contributed by atoms with Gasteiger partial charge in [-0.25, -0.2) is 4.79 Å². The van der Waals surface area contributed by atoms with Crippen molar-refractivity contribution in [3.63, 3.8) is 0 Å². The van der Waals surface area contributed by atoms with E-state index in [4.69, 9.17) is 14.2 Å². The third-order valence-electron chi connectivity index (χ3n) is 4.30. The van der Waals surface area contributed by atoms with Crippen LogP contribution in [0.1, 0.15) is 47.5 Å². The highest BCUT2D eigenvalue weighted by Gasteiger charge is 2.31. The van der Waals surface area contributed by atoms with Gasteiger partial charge in [0.05, 0.1) is 44.3 Å². The van der Waals surface area contributed by atoms with E-state index in [0.717, 1.165) is 6.16 Å². The lowest BCUT2D eigenvalue weighted by Gasteiger charge is -2.22. The molecule has 0 aliphatic rings. The van der Waals surface area contributed by atoms with Gasteiger partial charge in [0.25, 0.3) is 0 Å². The van der Waals surface area contributed by atoms with E-state index < -0.39 is 19.2 Å². The molecule has 144 valence electrons. The van der Waals surface area contributed by atoms with Gasteiger partial charge in [-0.1, -0.05) is 0 Å². The first kappa shape index (κ1) is 23.6. The Hall–Kier alpha value is -1.42. The fourth-order valence-electron chi connectivity index (χ4n) is 2.40. The fraction of sp³-hybridized carbons (Fsp3) is 0.722. The Labute approximate surface area is 151 Å². The third-order valence-corrected chi connectivity index (χ3v) is 9.50. The molecule has 0 N–H and O–H groups in total. The van der Waals surface area contributed by atoms with Crippen LogP contribution in [0.3, 0.4) is 0 Å². The van der Waals surface area contributed by atoms with Crippen molar-refractivity contribution in [3.05, 3.63) is 11.8 Å². The standard InChI is InChI=1S/C18H32O6P/c1-6-16(24-15(5)19)18(21)23-13-10-12-22-17(20)11-14-25(7-2,8-3)9-4/h6H,7-14H2,1-5H3/q+1. The molecular weight excluding hydrogens is 343 g/mol. The number of esters is 3. The van der Waals surface area contributed by atoms with E-state index in [-0.39, 0.29) is 24.9 Å². The fourth-order valence-corrected chi connectivity index (χ4v) is 5.35. The summed E-state index contributed by atoms with van der Waals surface area (Å²) in [7, 11) is -0.995. The first-order valence-corrected chi connectivity index (χ1v) is 11.4. The van der Waals surface area contributed by atoms with Crippen molar-refractivity contribution >= 4 is 25.2 Å². The van der Waals surface area contributed by atoms with E-state index in [1.807, 2.05) is 0 Å². The average molecular weight is 375 g/mol. The van der Waals surface area contributed by atoms with Crippen LogP contribution in [-0.2, 0) is 28.6 Å². The van der Waals surface area contributed by atoms with Crippen LogP contribution in [0.2, 0.25) is 0 Å². The van der Waals surface area contributed by atoms with Gasteiger partial charge >= 0.3 is 17.9 Å². The van der Waals surface area contributed by atoms with Crippen LogP contribution in [0.25, 0.3) is 0 Å². The SMILES string of the molecule is CC=C(OC(C)=O)C(=O)OCCCOC(=O)CC[P+](CC)(CC)CC. The number of carbonyl (C=O) groups is 3. The van der Waals surface area contributed by atoms with Crippen LogP contribution >= 0.6 is 7.26 Å². The van der Waals surface area contributed by atoms with Crippen molar-refractivity contribution in [3.8, 4) is 0 Å². The number of rotatable bonds is 12. The van der Waals surface area contributed by atoms with Crippen molar-refractivity contribution in [1.29, 1.82) is 0 Å². The molecule has 0 saturated heterocycles. The largest absolute Gasteiger partial charge is 0.465 e. The summed E-state index contributed by atoms with van der Waals surface area (Å²) >= 11 is 0. The minimum atomic E-state index is -0.995. The maximum atomic E-state index is 11.8. The highest BCUT2D eigenvalue weighted by Crippen LogP contribution is 2.58. The lowest BCUT2D eigenvalue weighted by atomic mass is 10.4. The first-order chi connectivity index (χ1) is 11.8. The Balaban J connectivity index is 4.00. The molecular formula is C18H32O6P+. The summed E-state index contributed by atoms with van der Waals surface area (Å²) in [5.74, 6) is -1.61.